The van der Waals surface area contributed by atoms with E-state index in [0.29, 0.717) is 19.6 Å². The first-order chi connectivity index (χ1) is 15.4. The van der Waals surface area contributed by atoms with Gasteiger partial charge in [0.05, 0.1) is 6.10 Å². The molecule has 3 N–H and O–H groups in total. The Hall–Kier alpha value is -3.15. The molecule has 0 aromatic heterocycles. The molecule has 3 aromatic carbocycles. The molecule has 0 spiro atoms. The van der Waals surface area contributed by atoms with Crippen molar-refractivity contribution in [1.29, 1.82) is 0 Å². The second-order valence-electron chi connectivity index (χ2n) is 8.51. The normalized spacial score (nSPS) is 19.0. The Labute approximate surface area is 188 Å². The Morgan fingerprint density at radius 2 is 1.88 bits per heavy atom. The lowest BCUT2D eigenvalue weighted by atomic mass is 9.92. The van der Waals surface area contributed by atoms with Crippen molar-refractivity contribution in [1.82, 2.24) is 5.32 Å². The Bertz CT molecular complexity index is 1100. The maximum absolute atomic E-state index is 11.2. The number of carbonyl (C=O) groups is 1. The lowest BCUT2D eigenvalue weighted by molar-refractivity contribution is -0.139. The van der Waals surface area contributed by atoms with Crippen molar-refractivity contribution in [3.63, 3.8) is 0 Å². The monoisotopic (exact) mass is 431 g/mol. The average Bonchev–Trinajstić information content (AvgIpc) is 3.30. The smallest absolute Gasteiger partial charge is 0.320 e. The fraction of sp³-hybridized carbons (Fsp3) is 0.296. The third kappa shape index (κ3) is 4.69. The van der Waals surface area contributed by atoms with Crippen LogP contribution in [0.25, 0.3) is 11.1 Å². The maximum atomic E-state index is 11.2. The van der Waals surface area contributed by atoms with E-state index in [1.54, 1.807) is 0 Å². The van der Waals surface area contributed by atoms with Gasteiger partial charge in [-0.25, -0.2) is 0 Å². The van der Waals surface area contributed by atoms with Gasteiger partial charge in [0.25, 0.3) is 0 Å². The summed E-state index contributed by atoms with van der Waals surface area (Å²) in [5.74, 6) is -0.213. The van der Waals surface area contributed by atoms with Crippen molar-refractivity contribution in [3.8, 4) is 16.9 Å². The summed E-state index contributed by atoms with van der Waals surface area (Å²) in [5.41, 5.74) is 6.45. The number of rotatable bonds is 7. The van der Waals surface area contributed by atoms with E-state index in [0.717, 1.165) is 22.4 Å². The van der Waals surface area contributed by atoms with Crippen molar-refractivity contribution in [3.05, 3.63) is 89.0 Å². The lowest BCUT2D eigenvalue weighted by Gasteiger charge is -2.19. The van der Waals surface area contributed by atoms with Crippen molar-refractivity contribution in [2.24, 2.45) is 5.92 Å². The molecule has 32 heavy (non-hydrogen) atoms. The number of aliphatic hydroxyl groups is 1. The van der Waals surface area contributed by atoms with E-state index in [-0.39, 0.29) is 5.92 Å². The fourth-order valence-electron chi connectivity index (χ4n) is 4.41. The van der Waals surface area contributed by atoms with Gasteiger partial charge in [-0.2, -0.15) is 0 Å². The Morgan fingerprint density at radius 1 is 1.09 bits per heavy atom. The van der Waals surface area contributed by atoms with Gasteiger partial charge in [-0.15, -0.1) is 0 Å². The van der Waals surface area contributed by atoms with Crippen molar-refractivity contribution < 1.29 is 19.7 Å². The van der Waals surface area contributed by atoms with E-state index in [1.807, 2.05) is 43.3 Å². The molecule has 1 fully saturated rings. The molecule has 166 valence electrons. The van der Waals surface area contributed by atoms with Crippen LogP contribution in [0.5, 0.6) is 5.75 Å². The van der Waals surface area contributed by atoms with Crippen LogP contribution >= 0.6 is 0 Å². The third-order valence-electron chi connectivity index (χ3n) is 6.36. The minimum atomic E-state index is -0.869. The maximum Gasteiger partial charge on any atom is 0.320 e. The molecule has 1 aliphatic heterocycles. The van der Waals surface area contributed by atoms with Gasteiger partial charge < -0.3 is 20.3 Å². The molecule has 1 heterocycles. The summed E-state index contributed by atoms with van der Waals surface area (Å²) >= 11 is 0. The highest BCUT2D eigenvalue weighted by Crippen LogP contribution is 2.32. The number of nitrogens with one attached hydrogen (secondary N) is 1. The third-order valence-corrected chi connectivity index (χ3v) is 6.36. The van der Waals surface area contributed by atoms with Gasteiger partial charge in [0.15, 0.2) is 0 Å². The average molecular weight is 432 g/mol. The van der Waals surface area contributed by atoms with Gasteiger partial charge >= 0.3 is 5.97 Å². The van der Waals surface area contributed by atoms with Crippen LogP contribution in [0.15, 0.2) is 66.7 Å². The molecular weight excluding hydrogens is 402 g/mol. The summed E-state index contributed by atoms with van der Waals surface area (Å²) in [7, 11) is 0. The number of aryl methyl sites for hydroxylation is 1. The zero-order chi connectivity index (χ0) is 22.7. The topological polar surface area (TPSA) is 78.8 Å². The van der Waals surface area contributed by atoms with E-state index in [9.17, 15) is 9.90 Å². The number of hydrogen-bond donors (Lipinski definition) is 3. The minimum Gasteiger partial charge on any atom is -0.489 e. The molecule has 5 nitrogen and oxygen atoms in total. The standard InChI is InChI=1S/C27H29NO4/c1-17-13-20(26(29)22-14-24(27(30)31)28-15-22)11-12-25(17)32-16-21-9-6-10-23(18(21)2)19-7-4-3-5-8-19/h3-13,22,24,26,28-29H,14-16H2,1-2H3,(H,30,31)/t22-,24-,26?/m1/s1. The molecule has 1 unspecified atom stereocenters. The summed E-state index contributed by atoms with van der Waals surface area (Å²) < 4.78 is 6.13. The van der Waals surface area contributed by atoms with Crippen molar-refractivity contribution in [2.45, 2.75) is 39.0 Å². The molecule has 5 heteroatoms. The summed E-state index contributed by atoms with van der Waals surface area (Å²) in [4.78, 5) is 11.2. The lowest BCUT2D eigenvalue weighted by Crippen LogP contribution is -2.29. The van der Waals surface area contributed by atoms with Crippen LogP contribution in [-0.2, 0) is 11.4 Å². The molecule has 3 atom stereocenters. The number of benzene rings is 3. The highest BCUT2D eigenvalue weighted by Gasteiger charge is 2.34. The Balaban J connectivity index is 1.44. The second kappa shape index (κ2) is 9.55. The van der Waals surface area contributed by atoms with E-state index >= 15 is 0 Å². The molecule has 1 saturated heterocycles. The molecule has 3 aromatic rings. The number of ether oxygens (including phenoxy) is 1. The summed E-state index contributed by atoms with van der Waals surface area (Å²) in [6.45, 7) is 5.04. The van der Waals surface area contributed by atoms with Crippen LogP contribution in [0.3, 0.4) is 0 Å². The quantitative estimate of drug-likeness (QED) is 0.508. The summed E-state index contributed by atoms with van der Waals surface area (Å²) in [6, 6.07) is 21.7. The van der Waals surface area contributed by atoms with E-state index < -0.39 is 18.1 Å². The molecule has 1 aliphatic rings. The van der Waals surface area contributed by atoms with E-state index in [1.165, 1.54) is 16.7 Å². The van der Waals surface area contributed by atoms with Crippen LogP contribution in [0.4, 0.5) is 0 Å². The predicted molar refractivity (Wildman–Crippen MR) is 125 cm³/mol. The zero-order valence-electron chi connectivity index (χ0n) is 18.4. The van der Waals surface area contributed by atoms with Crippen molar-refractivity contribution >= 4 is 5.97 Å². The van der Waals surface area contributed by atoms with Gasteiger partial charge in [-0.1, -0.05) is 54.6 Å². The van der Waals surface area contributed by atoms with Crippen molar-refractivity contribution in [2.75, 3.05) is 6.54 Å². The number of carboxylic acids is 1. The highest BCUT2D eigenvalue weighted by atomic mass is 16.5. The SMILES string of the molecule is Cc1cc(C(O)[C@H]2CN[C@@H](C(=O)O)C2)ccc1OCc1cccc(-c2ccccc2)c1C. The van der Waals surface area contributed by atoms with Crippen LogP contribution in [0, 0.1) is 19.8 Å². The predicted octanol–water partition coefficient (Wildman–Crippen LogP) is 4.65. The molecule has 0 saturated carbocycles. The fourth-order valence-corrected chi connectivity index (χ4v) is 4.41. The summed E-state index contributed by atoms with van der Waals surface area (Å²) in [6.07, 6.45) is -0.283. The first-order valence-electron chi connectivity index (χ1n) is 11.0. The highest BCUT2D eigenvalue weighted by molar-refractivity contribution is 5.73. The molecule has 0 bridgehead atoms. The summed E-state index contributed by atoms with van der Waals surface area (Å²) in [5, 5.41) is 22.9. The second-order valence-corrected chi connectivity index (χ2v) is 8.51. The van der Waals surface area contributed by atoms with E-state index in [4.69, 9.17) is 9.84 Å². The first-order valence-corrected chi connectivity index (χ1v) is 11.0. The minimum absolute atomic E-state index is 0.120. The number of aliphatic hydroxyl groups excluding tert-OH is 1. The van der Waals surface area contributed by atoms with Crippen LogP contribution in [0.2, 0.25) is 0 Å². The molecule has 0 amide bonds. The zero-order valence-corrected chi connectivity index (χ0v) is 18.4. The number of aliphatic carboxylic acids is 1. The molecule has 0 radical (unpaired) electrons. The van der Waals surface area contributed by atoms with Crippen LogP contribution in [0.1, 0.15) is 34.8 Å². The first kappa shape index (κ1) is 22.1. The van der Waals surface area contributed by atoms with Crippen LogP contribution in [-0.4, -0.2) is 28.8 Å². The van der Waals surface area contributed by atoms with Gasteiger partial charge in [-0.05, 0) is 65.8 Å². The Kier molecular flexibility index (Phi) is 6.58. The largest absolute Gasteiger partial charge is 0.489 e. The number of hydrogen-bond acceptors (Lipinski definition) is 4. The molecule has 0 aliphatic carbocycles. The van der Waals surface area contributed by atoms with Gasteiger partial charge in [-0.3, -0.25) is 4.79 Å². The van der Waals surface area contributed by atoms with Gasteiger partial charge in [0.1, 0.15) is 18.4 Å². The number of carboxylic acid groups (broad SMARTS) is 1. The van der Waals surface area contributed by atoms with Crippen LogP contribution < -0.4 is 10.1 Å². The van der Waals surface area contributed by atoms with Gasteiger partial charge in [0, 0.05) is 12.5 Å². The molecular formula is C27H29NO4. The molecule has 4 rings (SSSR count). The van der Waals surface area contributed by atoms with Gasteiger partial charge in [0.2, 0.25) is 0 Å². The Morgan fingerprint density at radius 3 is 2.56 bits per heavy atom. The van der Waals surface area contributed by atoms with E-state index in [2.05, 4.69) is 42.6 Å².